The average Bonchev–Trinajstić information content (AvgIpc) is 2.80. The molecule has 2 aromatic heterocycles. The number of pyridine rings is 1. The van der Waals surface area contributed by atoms with Crippen LogP contribution < -0.4 is 11.1 Å². The molecule has 0 saturated carbocycles. The topological polar surface area (TPSA) is 92.5 Å². The Hall–Kier alpha value is -1.95. The lowest BCUT2D eigenvalue weighted by molar-refractivity contribution is 0.613. The van der Waals surface area contributed by atoms with Crippen LogP contribution in [0.2, 0.25) is 0 Å². The molecule has 0 aliphatic carbocycles. The van der Waals surface area contributed by atoms with Crippen molar-refractivity contribution in [2.24, 2.45) is 0 Å². The lowest BCUT2D eigenvalue weighted by atomic mass is 10.1. The van der Waals surface area contributed by atoms with Gasteiger partial charge >= 0.3 is 0 Å². The van der Waals surface area contributed by atoms with Gasteiger partial charge in [0, 0.05) is 11.8 Å². The smallest absolute Gasteiger partial charge is 0.128 e. The van der Waals surface area contributed by atoms with Gasteiger partial charge in [0.15, 0.2) is 0 Å². The standard InChI is InChI=1S/C10H14N6/c1-2-12-9(8-6-14-16-15-8)7-4-3-5-13-10(7)11/h3-6,9,12H,2H2,1H3,(H2,11,13)(H,14,15,16). The summed E-state index contributed by atoms with van der Waals surface area (Å²) in [5, 5.41) is 13.8. The minimum Gasteiger partial charge on any atom is -0.383 e. The van der Waals surface area contributed by atoms with Crippen molar-refractivity contribution >= 4 is 5.82 Å². The largest absolute Gasteiger partial charge is 0.383 e. The third-order valence-corrected chi connectivity index (χ3v) is 2.32. The second-order valence-electron chi connectivity index (χ2n) is 3.36. The van der Waals surface area contributed by atoms with E-state index in [0.717, 1.165) is 17.8 Å². The first-order valence-corrected chi connectivity index (χ1v) is 5.12. The van der Waals surface area contributed by atoms with Gasteiger partial charge in [-0.3, -0.25) is 0 Å². The molecule has 6 heteroatoms. The van der Waals surface area contributed by atoms with Crippen molar-refractivity contribution in [2.75, 3.05) is 12.3 Å². The zero-order valence-electron chi connectivity index (χ0n) is 9.01. The van der Waals surface area contributed by atoms with Gasteiger partial charge < -0.3 is 11.1 Å². The quantitative estimate of drug-likeness (QED) is 0.694. The first-order chi connectivity index (χ1) is 7.83. The summed E-state index contributed by atoms with van der Waals surface area (Å²) in [7, 11) is 0. The molecule has 4 N–H and O–H groups in total. The highest BCUT2D eigenvalue weighted by atomic mass is 15.3. The molecular formula is C10H14N6. The SMILES string of the molecule is CCNC(c1cn[nH]n1)c1cccnc1N. The van der Waals surface area contributed by atoms with Gasteiger partial charge in [-0.2, -0.15) is 15.4 Å². The molecule has 2 aromatic rings. The highest BCUT2D eigenvalue weighted by molar-refractivity contribution is 5.43. The van der Waals surface area contributed by atoms with Crippen molar-refractivity contribution in [2.45, 2.75) is 13.0 Å². The Labute approximate surface area is 93.3 Å². The van der Waals surface area contributed by atoms with Crippen molar-refractivity contribution in [3.8, 4) is 0 Å². The number of H-pyrrole nitrogens is 1. The van der Waals surface area contributed by atoms with Crippen LogP contribution in [0.25, 0.3) is 0 Å². The van der Waals surface area contributed by atoms with Crippen LogP contribution in [-0.4, -0.2) is 26.9 Å². The number of aromatic amines is 1. The van der Waals surface area contributed by atoms with Gasteiger partial charge in [-0.1, -0.05) is 13.0 Å². The lowest BCUT2D eigenvalue weighted by Gasteiger charge is -2.16. The molecule has 0 amide bonds. The van der Waals surface area contributed by atoms with E-state index in [0.29, 0.717) is 5.82 Å². The maximum Gasteiger partial charge on any atom is 0.128 e. The van der Waals surface area contributed by atoms with Gasteiger partial charge in [0.2, 0.25) is 0 Å². The number of aromatic nitrogens is 4. The van der Waals surface area contributed by atoms with E-state index in [1.165, 1.54) is 0 Å². The Bertz CT molecular complexity index is 438. The number of hydrogen-bond donors (Lipinski definition) is 3. The normalized spacial score (nSPS) is 12.6. The number of anilines is 1. The number of hydrogen-bond acceptors (Lipinski definition) is 5. The predicted molar refractivity (Wildman–Crippen MR) is 60.6 cm³/mol. The summed E-state index contributed by atoms with van der Waals surface area (Å²) in [6.07, 6.45) is 3.35. The Morgan fingerprint density at radius 3 is 3.06 bits per heavy atom. The molecular weight excluding hydrogens is 204 g/mol. The molecule has 0 aromatic carbocycles. The molecule has 1 atom stereocenters. The fraction of sp³-hybridized carbons (Fsp3) is 0.300. The predicted octanol–water partition coefficient (Wildman–Crippen LogP) is 0.481. The van der Waals surface area contributed by atoms with Crippen LogP contribution in [0, 0.1) is 0 Å². The van der Waals surface area contributed by atoms with Crippen molar-refractivity contribution in [1.29, 1.82) is 0 Å². The van der Waals surface area contributed by atoms with E-state index in [4.69, 9.17) is 5.73 Å². The Morgan fingerprint density at radius 2 is 2.44 bits per heavy atom. The number of nitrogens with one attached hydrogen (secondary N) is 2. The van der Waals surface area contributed by atoms with Crippen LogP contribution in [0.15, 0.2) is 24.5 Å². The van der Waals surface area contributed by atoms with Crippen molar-refractivity contribution in [3.05, 3.63) is 35.8 Å². The van der Waals surface area contributed by atoms with Crippen LogP contribution in [-0.2, 0) is 0 Å². The molecule has 0 spiro atoms. The number of nitrogens with zero attached hydrogens (tertiary/aromatic N) is 3. The molecule has 6 nitrogen and oxygen atoms in total. The molecule has 2 heterocycles. The second-order valence-corrected chi connectivity index (χ2v) is 3.36. The zero-order valence-corrected chi connectivity index (χ0v) is 9.01. The monoisotopic (exact) mass is 218 g/mol. The summed E-state index contributed by atoms with van der Waals surface area (Å²) < 4.78 is 0. The van der Waals surface area contributed by atoms with Crippen molar-refractivity contribution in [3.63, 3.8) is 0 Å². The van der Waals surface area contributed by atoms with Gasteiger partial charge in [0.1, 0.15) is 11.5 Å². The van der Waals surface area contributed by atoms with E-state index in [1.807, 2.05) is 19.1 Å². The van der Waals surface area contributed by atoms with E-state index in [2.05, 4.69) is 25.7 Å². The minimum atomic E-state index is -0.0718. The third kappa shape index (κ3) is 2.01. The van der Waals surface area contributed by atoms with Crippen LogP contribution in [0.1, 0.15) is 24.2 Å². The van der Waals surface area contributed by atoms with Crippen LogP contribution in [0.4, 0.5) is 5.82 Å². The molecule has 0 aliphatic heterocycles. The molecule has 1 unspecified atom stereocenters. The third-order valence-electron chi connectivity index (χ3n) is 2.32. The van der Waals surface area contributed by atoms with Crippen LogP contribution in [0.5, 0.6) is 0 Å². The Balaban J connectivity index is 2.37. The number of rotatable bonds is 4. The van der Waals surface area contributed by atoms with E-state index in [-0.39, 0.29) is 6.04 Å². The Kier molecular flexibility index (Phi) is 3.11. The first kappa shape index (κ1) is 10.6. The van der Waals surface area contributed by atoms with Crippen LogP contribution in [0.3, 0.4) is 0 Å². The van der Waals surface area contributed by atoms with E-state index < -0.39 is 0 Å². The molecule has 2 rings (SSSR count). The molecule has 0 saturated heterocycles. The summed E-state index contributed by atoms with van der Waals surface area (Å²) in [6, 6.07) is 3.72. The maximum atomic E-state index is 5.85. The average molecular weight is 218 g/mol. The molecule has 16 heavy (non-hydrogen) atoms. The van der Waals surface area contributed by atoms with E-state index >= 15 is 0 Å². The van der Waals surface area contributed by atoms with Gasteiger partial charge in [-0.15, -0.1) is 0 Å². The minimum absolute atomic E-state index is 0.0718. The summed E-state index contributed by atoms with van der Waals surface area (Å²) >= 11 is 0. The van der Waals surface area contributed by atoms with E-state index in [1.54, 1.807) is 12.4 Å². The molecule has 0 aliphatic rings. The maximum absolute atomic E-state index is 5.85. The van der Waals surface area contributed by atoms with Gasteiger partial charge in [0.25, 0.3) is 0 Å². The van der Waals surface area contributed by atoms with Crippen molar-refractivity contribution < 1.29 is 0 Å². The van der Waals surface area contributed by atoms with Gasteiger partial charge in [0.05, 0.1) is 12.2 Å². The highest BCUT2D eigenvalue weighted by Crippen LogP contribution is 2.22. The second kappa shape index (κ2) is 4.71. The fourth-order valence-electron chi connectivity index (χ4n) is 1.60. The van der Waals surface area contributed by atoms with Gasteiger partial charge in [-0.05, 0) is 12.6 Å². The number of nitrogen functional groups attached to an aromatic ring is 1. The van der Waals surface area contributed by atoms with Crippen molar-refractivity contribution in [1.82, 2.24) is 25.7 Å². The zero-order chi connectivity index (χ0) is 11.4. The first-order valence-electron chi connectivity index (χ1n) is 5.12. The molecule has 84 valence electrons. The lowest BCUT2D eigenvalue weighted by Crippen LogP contribution is -2.23. The van der Waals surface area contributed by atoms with Gasteiger partial charge in [-0.25, -0.2) is 4.98 Å². The molecule has 0 bridgehead atoms. The van der Waals surface area contributed by atoms with E-state index in [9.17, 15) is 0 Å². The molecule has 0 fully saturated rings. The fourth-order valence-corrected chi connectivity index (χ4v) is 1.60. The summed E-state index contributed by atoms with van der Waals surface area (Å²) in [5.41, 5.74) is 7.57. The molecule has 0 radical (unpaired) electrons. The Morgan fingerprint density at radius 1 is 1.56 bits per heavy atom. The highest BCUT2D eigenvalue weighted by Gasteiger charge is 2.18. The summed E-state index contributed by atoms with van der Waals surface area (Å²) in [4.78, 5) is 4.07. The number of nitrogens with two attached hydrogens (primary N) is 1. The summed E-state index contributed by atoms with van der Waals surface area (Å²) in [5.74, 6) is 0.511. The van der Waals surface area contributed by atoms with Crippen LogP contribution >= 0.6 is 0 Å². The summed E-state index contributed by atoms with van der Waals surface area (Å²) in [6.45, 7) is 2.84.